The van der Waals surface area contributed by atoms with Gasteiger partial charge in [-0.2, -0.15) is 5.10 Å². The number of guanidine groups is 1. The number of hydrogen-bond acceptors (Lipinski definition) is 3. The van der Waals surface area contributed by atoms with Crippen molar-refractivity contribution < 1.29 is 4.74 Å². The van der Waals surface area contributed by atoms with Gasteiger partial charge < -0.3 is 15.4 Å². The zero-order chi connectivity index (χ0) is 17.1. The molecule has 0 spiro atoms. The number of nitrogens with one attached hydrogen (secondary N) is 2. The van der Waals surface area contributed by atoms with E-state index in [0.717, 1.165) is 36.6 Å². The number of rotatable bonds is 5. The summed E-state index contributed by atoms with van der Waals surface area (Å²) >= 11 is 0. The third-order valence-corrected chi connectivity index (χ3v) is 4.92. The summed E-state index contributed by atoms with van der Waals surface area (Å²) in [7, 11) is 0. The van der Waals surface area contributed by atoms with E-state index in [9.17, 15) is 0 Å². The molecule has 6 nitrogen and oxygen atoms in total. The maximum Gasteiger partial charge on any atom is 0.191 e. The quantitative estimate of drug-likeness (QED) is 0.404. The number of para-hydroxylation sites is 1. The Kier molecular flexibility index (Phi) is 6.53. The predicted molar refractivity (Wildman–Crippen MR) is 113 cm³/mol. The summed E-state index contributed by atoms with van der Waals surface area (Å²) in [5.74, 6) is 0.860. The molecule has 140 valence electrons. The summed E-state index contributed by atoms with van der Waals surface area (Å²) in [6.45, 7) is 3.54. The highest BCUT2D eigenvalue weighted by atomic mass is 127. The van der Waals surface area contributed by atoms with Gasteiger partial charge in [0.25, 0.3) is 0 Å². The number of hydrogen-bond donors (Lipinski definition) is 2. The third kappa shape index (κ3) is 4.20. The van der Waals surface area contributed by atoms with Gasteiger partial charge in [-0.1, -0.05) is 18.2 Å². The van der Waals surface area contributed by atoms with Crippen molar-refractivity contribution in [3.8, 4) is 5.69 Å². The summed E-state index contributed by atoms with van der Waals surface area (Å²) in [6.07, 6.45) is 7.96. The first kappa shape index (κ1) is 19.2. The van der Waals surface area contributed by atoms with Gasteiger partial charge in [0.15, 0.2) is 5.96 Å². The van der Waals surface area contributed by atoms with E-state index in [0.29, 0.717) is 24.8 Å². The fourth-order valence-electron chi connectivity index (χ4n) is 3.73. The molecule has 0 aliphatic carbocycles. The van der Waals surface area contributed by atoms with Crippen molar-refractivity contribution in [2.45, 2.75) is 51.0 Å². The lowest BCUT2D eigenvalue weighted by Crippen LogP contribution is -2.47. The topological polar surface area (TPSA) is 63.5 Å². The number of aliphatic imine (C=N–C) groups is 1. The summed E-state index contributed by atoms with van der Waals surface area (Å²) in [5.41, 5.74) is 2.21. The van der Waals surface area contributed by atoms with Crippen LogP contribution in [0.15, 0.2) is 47.7 Å². The molecule has 7 heteroatoms. The summed E-state index contributed by atoms with van der Waals surface area (Å²) in [6, 6.07) is 10.5. The standard InChI is InChI=1S/C19H25N5O.HI/c1-2-20-19(23-16-12-15-8-9-18(16)25-15)21-13-14-6-3-4-7-17(14)24-11-5-10-22-24;/h3-7,10-11,15-16,18H,2,8-9,12-13H2,1H3,(H2,20,21,23);1H. The average molecular weight is 467 g/mol. The number of benzene rings is 1. The van der Waals surface area contributed by atoms with Crippen LogP contribution in [-0.4, -0.2) is 40.5 Å². The maximum atomic E-state index is 5.94. The van der Waals surface area contributed by atoms with Gasteiger partial charge in [0.05, 0.1) is 30.5 Å². The Balaban J connectivity index is 0.00000196. The van der Waals surface area contributed by atoms with E-state index in [1.807, 2.05) is 29.1 Å². The minimum Gasteiger partial charge on any atom is -0.373 e. The van der Waals surface area contributed by atoms with Crippen LogP contribution in [-0.2, 0) is 11.3 Å². The number of ether oxygens (including phenoxy) is 1. The van der Waals surface area contributed by atoms with Gasteiger partial charge in [-0.05, 0) is 43.9 Å². The Bertz CT molecular complexity index is 733. The molecule has 3 unspecified atom stereocenters. The van der Waals surface area contributed by atoms with E-state index in [1.54, 1.807) is 6.20 Å². The first-order valence-electron chi connectivity index (χ1n) is 9.11. The number of aromatic nitrogens is 2. The Morgan fingerprint density at radius 1 is 1.31 bits per heavy atom. The van der Waals surface area contributed by atoms with Crippen LogP contribution in [0.5, 0.6) is 0 Å². The van der Waals surface area contributed by atoms with Crippen LogP contribution in [0, 0.1) is 0 Å². The minimum atomic E-state index is 0. The molecule has 2 aliphatic rings. The second kappa shape index (κ2) is 8.85. The molecule has 0 radical (unpaired) electrons. The lowest BCUT2D eigenvalue weighted by Gasteiger charge is -2.22. The van der Waals surface area contributed by atoms with Gasteiger partial charge in [0.1, 0.15) is 0 Å². The number of nitrogens with zero attached hydrogens (tertiary/aromatic N) is 3. The van der Waals surface area contributed by atoms with Gasteiger partial charge in [-0.25, -0.2) is 9.67 Å². The van der Waals surface area contributed by atoms with Crippen molar-refractivity contribution in [3.05, 3.63) is 48.3 Å². The van der Waals surface area contributed by atoms with Crippen LogP contribution in [0.1, 0.15) is 31.7 Å². The molecule has 26 heavy (non-hydrogen) atoms. The fourth-order valence-corrected chi connectivity index (χ4v) is 3.73. The molecule has 2 bridgehead atoms. The van der Waals surface area contributed by atoms with Gasteiger partial charge in [-0.3, -0.25) is 0 Å². The van der Waals surface area contributed by atoms with Crippen LogP contribution in [0.2, 0.25) is 0 Å². The zero-order valence-electron chi connectivity index (χ0n) is 15.0. The molecule has 2 aliphatic heterocycles. The van der Waals surface area contributed by atoms with E-state index < -0.39 is 0 Å². The molecule has 4 rings (SSSR count). The molecule has 0 amide bonds. The summed E-state index contributed by atoms with van der Waals surface area (Å²) < 4.78 is 7.82. The SMILES string of the molecule is CCNC(=NCc1ccccc1-n1cccn1)NC1CC2CCC1O2.I. The van der Waals surface area contributed by atoms with Crippen molar-refractivity contribution in [1.29, 1.82) is 0 Å². The van der Waals surface area contributed by atoms with E-state index in [4.69, 9.17) is 9.73 Å². The highest BCUT2D eigenvalue weighted by Gasteiger charge is 2.41. The Morgan fingerprint density at radius 2 is 2.19 bits per heavy atom. The summed E-state index contributed by atoms with van der Waals surface area (Å²) in [5, 5.41) is 11.3. The van der Waals surface area contributed by atoms with Gasteiger partial charge in [0, 0.05) is 18.9 Å². The van der Waals surface area contributed by atoms with Crippen molar-refractivity contribution >= 4 is 29.9 Å². The van der Waals surface area contributed by atoms with E-state index in [-0.39, 0.29) is 24.0 Å². The lowest BCUT2D eigenvalue weighted by molar-refractivity contribution is 0.0992. The van der Waals surface area contributed by atoms with Crippen LogP contribution < -0.4 is 10.6 Å². The minimum absolute atomic E-state index is 0. The van der Waals surface area contributed by atoms with Crippen LogP contribution in [0.3, 0.4) is 0 Å². The molecule has 2 N–H and O–H groups in total. The van der Waals surface area contributed by atoms with E-state index >= 15 is 0 Å². The first-order valence-corrected chi connectivity index (χ1v) is 9.11. The van der Waals surface area contributed by atoms with Crippen LogP contribution in [0.25, 0.3) is 5.69 Å². The van der Waals surface area contributed by atoms with Gasteiger partial charge in [0.2, 0.25) is 0 Å². The molecule has 2 fully saturated rings. The van der Waals surface area contributed by atoms with Crippen molar-refractivity contribution in [2.24, 2.45) is 4.99 Å². The average Bonchev–Trinajstić information content (AvgIpc) is 3.38. The first-order chi connectivity index (χ1) is 12.3. The molecule has 3 heterocycles. The molecule has 2 saturated heterocycles. The Morgan fingerprint density at radius 3 is 2.88 bits per heavy atom. The molecular weight excluding hydrogens is 441 g/mol. The monoisotopic (exact) mass is 467 g/mol. The summed E-state index contributed by atoms with van der Waals surface area (Å²) in [4.78, 5) is 4.80. The predicted octanol–water partition coefficient (Wildman–Crippen LogP) is 2.87. The molecule has 2 aromatic rings. The van der Waals surface area contributed by atoms with Crippen molar-refractivity contribution in [3.63, 3.8) is 0 Å². The maximum absolute atomic E-state index is 5.94. The largest absolute Gasteiger partial charge is 0.373 e. The fraction of sp³-hybridized carbons (Fsp3) is 0.474. The second-order valence-electron chi connectivity index (χ2n) is 6.63. The Labute approximate surface area is 171 Å². The molecule has 0 saturated carbocycles. The number of fused-ring (bicyclic) bond motifs is 2. The third-order valence-electron chi connectivity index (χ3n) is 4.92. The highest BCUT2D eigenvalue weighted by molar-refractivity contribution is 14.0. The molecular formula is C19H26IN5O. The molecule has 1 aromatic heterocycles. The van der Waals surface area contributed by atoms with Gasteiger partial charge in [-0.15, -0.1) is 24.0 Å². The molecule has 3 atom stereocenters. The van der Waals surface area contributed by atoms with Gasteiger partial charge >= 0.3 is 0 Å². The molecule has 1 aromatic carbocycles. The van der Waals surface area contributed by atoms with Crippen molar-refractivity contribution in [1.82, 2.24) is 20.4 Å². The Hall–Kier alpha value is -1.61. The normalized spacial score (nSPS) is 24.3. The van der Waals surface area contributed by atoms with Crippen molar-refractivity contribution in [2.75, 3.05) is 6.54 Å². The van der Waals surface area contributed by atoms with E-state index in [1.165, 1.54) is 6.42 Å². The van der Waals surface area contributed by atoms with Crippen LogP contribution >= 0.6 is 24.0 Å². The number of halogens is 1. The zero-order valence-corrected chi connectivity index (χ0v) is 17.3. The van der Waals surface area contributed by atoms with E-state index in [2.05, 4.69) is 34.8 Å². The van der Waals surface area contributed by atoms with Crippen LogP contribution in [0.4, 0.5) is 0 Å². The second-order valence-corrected chi connectivity index (χ2v) is 6.63. The lowest BCUT2D eigenvalue weighted by atomic mass is 9.96. The highest BCUT2D eigenvalue weighted by Crippen LogP contribution is 2.34. The smallest absolute Gasteiger partial charge is 0.191 e.